The van der Waals surface area contributed by atoms with Gasteiger partial charge in [-0.25, -0.2) is 4.39 Å². The van der Waals surface area contributed by atoms with Crippen LogP contribution in [0.1, 0.15) is 43.3 Å². The number of nitrogens with zero attached hydrogens (tertiary/aromatic N) is 2. The third-order valence-electron chi connectivity index (χ3n) is 5.00. The fourth-order valence-corrected chi connectivity index (χ4v) is 3.90. The van der Waals surface area contributed by atoms with Crippen LogP contribution in [0.15, 0.2) is 65.2 Å². The predicted octanol–water partition coefficient (Wildman–Crippen LogP) is 5.25. The van der Waals surface area contributed by atoms with Gasteiger partial charge in [-0.1, -0.05) is 19.4 Å². The summed E-state index contributed by atoms with van der Waals surface area (Å²) < 4.78 is 19.5. The molecule has 4 rings (SSSR count). The Balaban J connectivity index is 1.70. The largest absolute Gasteiger partial charge is 0.459 e. The van der Waals surface area contributed by atoms with Crippen molar-refractivity contribution in [1.29, 1.82) is 0 Å². The Morgan fingerprint density at radius 1 is 1.14 bits per heavy atom. The minimum atomic E-state index is -0.262. The summed E-state index contributed by atoms with van der Waals surface area (Å²) in [7, 11) is 0. The zero-order valence-corrected chi connectivity index (χ0v) is 16.5. The van der Waals surface area contributed by atoms with E-state index in [9.17, 15) is 4.39 Å². The molecule has 1 N–H and O–H groups in total. The second kappa shape index (κ2) is 8.10. The molecule has 0 spiro atoms. The highest BCUT2D eigenvalue weighted by Gasteiger charge is 2.41. The number of rotatable bonds is 6. The minimum Gasteiger partial charge on any atom is -0.459 e. The van der Waals surface area contributed by atoms with E-state index in [0.717, 1.165) is 36.4 Å². The molecule has 1 fully saturated rings. The predicted molar refractivity (Wildman–Crippen MR) is 111 cm³/mol. The zero-order chi connectivity index (χ0) is 19.5. The number of pyridine rings is 1. The number of hydrogen-bond acceptors (Lipinski definition) is 3. The first-order valence-corrected chi connectivity index (χ1v) is 9.92. The molecule has 3 aromatic rings. The van der Waals surface area contributed by atoms with Gasteiger partial charge in [0.1, 0.15) is 23.4 Å². The molecule has 1 aromatic carbocycles. The molecular formula is C22H22FN3OS. The van der Waals surface area contributed by atoms with Crippen LogP contribution in [-0.2, 0) is 0 Å². The summed E-state index contributed by atoms with van der Waals surface area (Å²) in [6.07, 6.45) is 3.91. The van der Waals surface area contributed by atoms with Gasteiger partial charge in [-0.2, -0.15) is 0 Å². The lowest BCUT2D eigenvalue weighted by molar-refractivity contribution is 0.271. The number of hydrogen-bond donors (Lipinski definition) is 1. The summed E-state index contributed by atoms with van der Waals surface area (Å²) >= 11 is 5.63. The van der Waals surface area contributed by atoms with Gasteiger partial charge in [0.25, 0.3) is 0 Å². The van der Waals surface area contributed by atoms with Gasteiger partial charge < -0.3 is 14.6 Å². The smallest absolute Gasteiger partial charge is 0.170 e. The Kier molecular flexibility index (Phi) is 5.39. The second-order valence-electron chi connectivity index (χ2n) is 6.88. The van der Waals surface area contributed by atoms with Gasteiger partial charge in [0, 0.05) is 18.3 Å². The number of benzene rings is 1. The molecule has 1 saturated heterocycles. The maximum absolute atomic E-state index is 13.2. The van der Waals surface area contributed by atoms with Crippen molar-refractivity contribution >= 4 is 17.3 Å². The molecule has 0 bridgehead atoms. The Bertz CT molecular complexity index is 942. The molecule has 28 heavy (non-hydrogen) atoms. The Hall–Kier alpha value is -2.73. The van der Waals surface area contributed by atoms with Gasteiger partial charge in [-0.15, -0.1) is 0 Å². The number of nitrogens with one attached hydrogen (secondary N) is 1. The fourth-order valence-electron chi connectivity index (χ4n) is 3.56. The normalized spacial score (nSPS) is 19.1. The molecule has 144 valence electrons. The Morgan fingerprint density at radius 2 is 1.96 bits per heavy atom. The first-order chi connectivity index (χ1) is 13.7. The topological polar surface area (TPSA) is 41.3 Å². The van der Waals surface area contributed by atoms with Crippen LogP contribution in [0.4, 0.5) is 4.39 Å². The molecule has 2 aromatic heterocycles. The summed E-state index contributed by atoms with van der Waals surface area (Å²) in [5.74, 6) is 1.27. The highest BCUT2D eigenvalue weighted by molar-refractivity contribution is 7.80. The van der Waals surface area contributed by atoms with E-state index < -0.39 is 0 Å². The molecule has 2 atom stereocenters. The van der Waals surface area contributed by atoms with Crippen molar-refractivity contribution < 1.29 is 8.81 Å². The van der Waals surface area contributed by atoms with Gasteiger partial charge in [-0.05, 0) is 67.2 Å². The second-order valence-corrected chi connectivity index (χ2v) is 7.27. The van der Waals surface area contributed by atoms with Crippen molar-refractivity contribution in [3.63, 3.8) is 0 Å². The van der Waals surface area contributed by atoms with Crippen molar-refractivity contribution in [2.45, 2.75) is 31.8 Å². The Labute approximate surface area is 169 Å². The van der Waals surface area contributed by atoms with Gasteiger partial charge in [0.2, 0.25) is 0 Å². The maximum Gasteiger partial charge on any atom is 0.170 e. The van der Waals surface area contributed by atoms with Crippen molar-refractivity contribution in [2.24, 2.45) is 0 Å². The third-order valence-corrected chi connectivity index (χ3v) is 5.35. The molecule has 0 amide bonds. The summed E-state index contributed by atoms with van der Waals surface area (Å²) in [5, 5.41) is 4.14. The highest BCUT2D eigenvalue weighted by atomic mass is 32.1. The van der Waals surface area contributed by atoms with Crippen molar-refractivity contribution in [2.75, 3.05) is 6.54 Å². The number of unbranched alkanes of at least 4 members (excludes halogenated alkanes) is 1. The van der Waals surface area contributed by atoms with E-state index in [1.54, 1.807) is 18.3 Å². The standard InChI is InChI=1S/C22H22FN3OS/c1-2-3-14-26-21(20(25-22(26)28)17-6-4-5-13-24-17)19-12-11-18(27-19)15-7-9-16(23)10-8-15/h4-13,20-21H,2-3,14H2,1H3,(H,25,28)/t20-,21+/m0/s1. The van der Waals surface area contributed by atoms with Crippen LogP contribution in [0.25, 0.3) is 11.3 Å². The lowest BCUT2D eigenvalue weighted by Gasteiger charge is -2.25. The monoisotopic (exact) mass is 395 g/mol. The van der Waals surface area contributed by atoms with Gasteiger partial charge in [0.15, 0.2) is 5.11 Å². The molecule has 1 aliphatic heterocycles. The van der Waals surface area contributed by atoms with E-state index in [2.05, 4.69) is 22.1 Å². The Morgan fingerprint density at radius 3 is 2.68 bits per heavy atom. The molecular weight excluding hydrogens is 373 g/mol. The molecule has 1 aliphatic rings. The molecule has 4 nitrogen and oxygen atoms in total. The molecule has 0 radical (unpaired) electrons. The third kappa shape index (κ3) is 3.64. The van der Waals surface area contributed by atoms with E-state index in [1.807, 2.05) is 30.3 Å². The molecule has 0 unspecified atom stereocenters. The quantitative estimate of drug-likeness (QED) is 0.577. The van der Waals surface area contributed by atoms with Crippen LogP contribution < -0.4 is 5.32 Å². The van der Waals surface area contributed by atoms with Crippen LogP contribution in [0, 0.1) is 5.82 Å². The van der Waals surface area contributed by atoms with E-state index >= 15 is 0 Å². The summed E-state index contributed by atoms with van der Waals surface area (Å²) in [5.41, 5.74) is 1.77. The number of aromatic nitrogens is 1. The van der Waals surface area contributed by atoms with E-state index in [1.165, 1.54) is 12.1 Å². The average Bonchev–Trinajstić information content (AvgIpc) is 3.32. The van der Waals surface area contributed by atoms with Crippen molar-refractivity contribution in [3.05, 3.63) is 78.1 Å². The zero-order valence-electron chi connectivity index (χ0n) is 15.6. The minimum absolute atomic E-state index is 0.0804. The molecule has 0 saturated carbocycles. The van der Waals surface area contributed by atoms with E-state index in [4.69, 9.17) is 16.6 Å². The van der Waals surface area contributed by atoms with Gasteiger partial charge in [0.05, 0.1) is 11.7 Å². The lowest BCUT2D eigenvalue weighted by atomic mass is 10.0. The highest BCUT2D eigenvalue weighted by Crippen LogP contribution is 2.40. The summed E-state index contributed by atoms with van der Waals surface area (Å²) in [6.45, 7) is 3.01. The first kappa shape index (κ1) is 18.6. The van der Waals surface area contributed by atoms with Crippen LogP contribution in [0.3, 0.4) is 0 Å². The van der Waals surface area contributed by atoms with Crippen molar-refractivity contribution in [3.8, 4) is 11.3 Å². The average molecular weight is 396 g/mol. The first-order valence-electron chi connectivity index (χ1n) is 9.51. The molecule has 0 aliphatic carbocycles. The van der Waals surface area contributed by atoms with Crippen LogP contribution >= 0.6 is 12.2 Å². The summed E-state index contributed by atoms with van der Waals surface area (Å²) in [4.78, 5) is 6.71. The molecule has 6 heteroatoms. The maximum atomic E-state index is 13.2. The SMILES string of the molecule is CCCCN1C(=S)N[C@@H](c2ccccn2)[C@H]1c1ccc(-c2ccc(F)cc2)o1. The fraction of sp³-hybridized carbons (Fsp3) is 0.273. The van der Waals surface area contributed by atoms with Crippen LogP contribution in [0.2, 0.25) is 0 Å². The molecule has 3 heterocycles. The van der Waals surface area contributed by atoms with Gasteiger partial charge in [-0.3, -0.25) is 4.98 Å². The summed E-state index contributed by atoms with van der Waals surface area (Å²) in [6, 6.07) is 15.9. The van der Waals surface area contributed by atoms with Gasteiger partial charge >= 0.3 is 0 Å². The van der Waals surface area contributed by atoms with E-state index in [-0.39, 0.29) is 17.9 Å². The number of halogens is 1. The lowest BCUT2D eigenvalue weighted by Crippen LogP contribution is -2.30. The van der Waals surface area contributed by atoms with Crippen LogP contribution in [-0.4, -0.2) is 21.5 Å². The van der Waals surface area contributed by atoms with Crippen molar-refractivity contribution in [1.82, 2.24) is 15.2 Å². The number of thiocarbonyl (C=S) groups is 1. The number of furan rings is 1. The van der Waals surface area contributed by atoms with Crippen LogP contribution in [0.5, 0.6) is 0 Å². The van der Waals surface area contributed by atoms with E-state index in [0.29, 0.717) is 10.9 Å².